The molecule has 0 spiro atoms. The van der Waals surface area contributed by atoms with Gasteiger partial charge in [-0.3, -0.25) is 14.5 Å². The lowest BCUT2D eigenvalue weighted by atomic mass is 9.91. The van der Waals surface area contributed by atoms with Gasteiger partial charge in [-0.25, -0.2) is 0 Å². The fraction of sp³-hybridized carbons (Fsp3) is 0.375. The third kappa shape index (κ3) is 4.24. The molecular weight excluding hydrogens is 360 g/mol. The number of amides is 1. The molecule has 150 valence electrons. The van der Waals surface area contributed by atoms with Crippen LogP contribution in [-0.4, -0.2) is 38.7 Å². The van der Waals surface area contributed by atoms with E-state index < -0.39 is 0 Å². The number of carbonyl (C=O) groups excluding carboxylic acids is 1. The highest BCUT2D eigenvalue weighted by Crippen LogP contribution is 2.28. The van der Waals surface area contributed by atoms with Crippen LogP contribution in [0.5, 0.6) is 0 Å². The number of hydrogen-bond acceptors (Lipinski definition) is 3. The molecule has 1 saturated heterocycles. The molecule has 2 aromatic heterocycles. The third-order valence-corrected chi connectivity index (χ3v) is 5.86. The second-order valence-corrected chi connectivity index (χ2v) is 8.08. The summed E-state index contributed by atoms with van der Waals surface area (Å²) in [5.74, 6) is 0.332. The van der Waals surface area contributed by atoms with Crippen molar-refractivity contribution in [2.75, 3.05) is 13.1 Å². The van der Waals surface area contributed by atoms with Crippen LogP contribution >= 0.6 is 0 Å². The first-order chi connectivity index (χ1) is 14.0. The van der Waals surface area contributed by atoms with Gasteiger partial charge >= 0.3 is 0 Å². The van der Waals surface area contributed by atoms with Gasteiger partial charge in [0.1, 0.15) is 5.69 Å². The Kier molecular flexibility index (Phi) is 5.47. The number of nitrogens with zero attached hydrogens (tertiary/aromatic N) is 4. The minimum Gasteiger partial charge on any atom is -0.337 e. The van der Waals surface area contributed by atoms with Gasteiger partial charge in [0, 0.05) is 43.6 Å². The molecule has 0 bridgehead atoms. The molecule has 0 saturated carbocycles. The molecule has 1 aliphatic rings. The minimum absolute atomic E-state index is 0.0579. The van der Waals surface area contributed by atoms with Gasteiger partial charge in [0.2, 0.25) is 0 Å². The van der Waals surface area contributed by atoms with E-state index >= 15 is 0 Å². The van der Waals surface area contributed by atoms with Crippen molar-refractivity contribution in [1.82, 2.24) is 19.7 Å². The lowest BCUT2D eigenvalue weighted by molar-refractivity contribution is 0.0694. The highest BCUT2D eigenvalue weighted by Gasteiger charge is 2.27. The Hall–Kier alpha value is -2.95. The van der Waals surface area contributed by atoms with E-state index in [1.807, 2.05) is 11.9 Å². The summed E-state index contributed by atoms with van der Waals surface area (Å²) in [5.41, 5.74) is 6.74. The first kappa shape index (κ1) is 19.4. The number of piperidine rings is 1. The summed E-state index contributed by atoms with van der Waals surface area (Å²) in [5, 5.41) is 4.14. The largest absolute Gasteiger partial charge is 0.337 e. The molecule has 5 heteroatoms. The molecule has 0 N–H and O–H groups in total. The molecule has 4 rings (SSSR count). The molecule has 3 heterocycles. The van der Waals surface area contributed by atoms with Crippen LogP contribution in [0.4, 0.5) is 0 Å². The van der Waals surface area contributed by atoms with Crippen molar-refractivity contribution >= 4 is 5.91 Å². The smallest absolute Gasteiger partial charge is 0.272 e. The van der Waals surface area contributed by atoms with Gasteiger partial charge in [-0.2, -0.15) is 5.10 Å². The summed E-state index contributed by atoms with van der Waals surface area (Å²) in [6.07, 6.45) is 4.65. The van der Waals surface area contributed by atoms with Gasteiger partial charge < -0.3 is 4.90 Å². The highest BCUT2D eigenvalue weighted by molar-refractivity contribution is 5.92. The van der Waals surface area contributed by atoms with Gasteiger partial charge in [-0.05, 0) is 68.0 Å². The molecular formula is C24H28N4O. The standard InChI is InChI=1S/C24H28N4O/c1-17-7-4-5-8-20(17)14-19-13-18(2)26-22(15-19)21-9-6-12-28(16-21)24(29)23-10-11-25-27(23)3/h4-5,7-8,10-11,13,15,21H,6,9,12,14,16H2,1-3H3. The van der Waals surface area contributed by atoms with Gasteiger partial charge in [0.25, 0.3) is 5.91 Å². The summed E-state index contributed by atoms with van der Waals surface area (Å²) >= 11 is 0. The number of likely N-dealkylation sites (tertiary alicyclic amines) is 1. The Bertz CT molecular complexity index is 1020. The molecule has 1 atom stereocenters. The Labute approximate surface area is 172 Å². The predicted octanol–water partition coefficient (Wildman–Crippen LogP) is 4.04. The van der Waals surface area contributed by atoms with Crippen LogP contribution in [0.15, 0.2) is 48.7 Å². The Morgan fingerprint density at radius 3 is 2.76 bits per heavy atom. The quantitative estimate of drug-likeness (QED) is 0.678. The third-order valence-electron chi connectivity index (χ3n) is 5.86. The zero-order valence-electron chi connectivity index (χ0n) is 17.4. The van der Waals surface area contributed by atoms with E-state index in [-0.39, 0.29) is 11.8 Å². The van der Waals surface area contributed by atoms with Crippen molar-refractivity contribution in [3.63, 3.8) is 0 Å². The normalized spacial score (nSPS) is 16.8. The Balaban J connectivity index is 1.54. The summed E-state index contributed by atoms with van der Waals surface area (Å²) < 4.78 is 1.65. The lowest BCUT2D eigenvalue weighted by Crippen LogP contribution is -2.40. The van der Waals surface area contributed by atoms with E-state index in [1.54, 1.807) is 16.9 Å². The second kappa shape index (κ2) is 8.19. The number of benzene rings is 1. The van der Waals surface area contributed by atoms with E-state index in [0.29, 0.717) is 12.2 Å². The first-order valence-corrected chi connectivity index (χ1v) is 10.3. The maximum atomic E-state index is 12.9. The molecule has 5 nitrogen and oxygen atoms in total. The number of aromatic nitrogens is 3. The van der Waals surface area contributed by atoms with Gasteiger partial charge in [0.05, 0.1) is 0 Å². The number of aryl methyl sites for hydroxylation is 3. The topological polar surface area (TPSA) is 51.0 Å². The fourth-order valence-corrected chi connectivity index (χ4v) is 4.26. The zero-order chi connectivity index (χ0) is 20.4. The average Bonchev–Trinajstić information content (AvgIpc) is 3.15. The highest BCUT2D eigenvalue weighted by atomic mass is 16.2. The van der Waals surface area contributed by atoms with Gasteiger partial charge in [-0.15, -0.1) is 0 Å². The van der Waals surface area contributed by atoms with Gasteiger partial charge in [0.15, 0.2) is 0 Å². The van der Waals surface area contributed by atoms with Crippen molar-refractivity contribution in [2.24, 2.45) is 7.05 Å². The predicted molar refractivity (Wildman–Crippen MR) is 114 cm³/mol. The number of rotatable bonds is 4. The molecule has 0 radical (unpaired) electrons. The van der Waals surface area contributed by atoms with Crippen LogP contribution in [0.1, 0.15) is 57.3 Å². The summed E-state index contributed by atoms with van der Waals surface area (Å²) in [6.45, 7) is 5.73. The van der Waals surface area contributed by atoms with Crippen LogP contribution in [0.3, 0.4) is 0 Å². The number of pyridine rings is 1. The van der Waals surface area contributed by atoms with Crippen LogP contribution in [0.2, 0.25) is 0 Å². The molecule has 3 aromatic rings. The maximum absolute atomic E-state index is 12.9. The summed E-state index contributed by atoms with van der Waals surface area (Å²) in [7, 11) is 1.81. The first-order valence-electron chi connectivity index (χ1n) is 10.3. The maximum Gasteiger partial charge on any atom is 0.272 e. The SMILES string of the molecule is Cc1cc(Cc2ccccc2C)cc(C2CCCN(C(=O)c3ccnn3C)C2)n1. The summed E-state index contributed by atoms with van der Waals surface area (Å²) in [6, 6.07) is 14.7. The van der Waals surface area contributed by atoms with E-state index in [4.69, 9.17) is 4.98 Å². The van der Waals surface area contributed by atoms with Crippen molar-refractivity contribution in [1.29, 1.82) is 0 Å². The molecule has 1 amide bonds. The molecule has 1 unspecified atom stereocenters. The van der Waals surface area contributed by atoms with Crippen LogP contribution in [0.25, 0.3) is 0 Å². The minimum atomic E-state index is 0.0579. The fourth-order valence-electron chi connectivity index (χ4n) is 4.26. The molecule has 0 aliphatic carbocycles. The monoisotopic (exact) mass is 388 g/mol. The van der Waals surface area contributed by atoms with Crippen molar-refractivity contribution in [3.8, 4) is 0 Å². The van der Waals surface area contributed by atoms with E-state index in [1.165, 1.54) is 16.7 Å². The zero-order valence-corrected chi connectivity index (χ0v) is 17.4. The lowest BCUT2D eigenvalue weighted by Gasteiger charge is -2.32. The summed E-state index contributed by atoms with van der Waals surface area (Å²) in [4.78, 5) is 19.7. The van der Waals surface area contributed by atoms with Crippen LogP contribution in [-0.2, 0) is 13.5 Å². The molecule has 1 aliphatic heterocycles. The molecule has 1 aromatic carbocycles. The van der Waals surface area contributed by atoms with Crippen molar-refractivity contribution in [2.45, 2.75) is 39.0 Å². The average molecular weight is 389 g/mol. The van der Waals surface area contributed by atoms with E-state index in [2.05, 4.69) is 55.3 Å². The number of carbonyl (C=O) groups is 1. The molecule has 1 fully saturated rings. The van der Waals surface area contributed by atoms with Crippen molar-refractivity contribution < 1.29 is 4.79 Å². The van der Waals surface area contributed by atoms with E-state index in [9.17, 15) is 4.79 Å². The second-order valence-electron chi connectivity index (χ2n) is 8.08. The number of hydrogen-bond donors (Lipinski definition) is 0. The van der Waals surface area contributed by atoms with Crippen molar-refractivity contribution in [3.05, 3.63) is 82.4 Å². The Morgan fingerprint density at radius 1 is 1.17 bits per heavy atom. The van der Waals surface area contributed by atoms with Crippen LogP contribution < -0.4 is 0 Å². The van der Waals surface area contributed by atoms with Crippen LogP contribution in [0, 0.1) is 13.8 Å². The Morgan fingerprint density at radius 2 is 2.00 bits per heavy atom. The van der Waals surface area contributed by atoms with E-state index in [0.717, 1.165) is 37.2 Å². The van der Waals surface area contributed by atoms with Gasteiger partial charge in [-0.1, -0.05) is 24.3 Å². The molecule has 29 heavy (non-hydrogen) atoms.